The van der Waals surface area contributed by atoms with E-state index in [4.69, 9.17) is 21.1 Å². The number of aliphatic hydroxyl groups excluding tert-OH is 1. The van der Waals surface area contributed by atoms with Crippen LogP contribution in [0.15, 0.2) is 17.5 Å². The van der Waals surface area contributed by atoms with Gasteiger partial charge >= 0.3 is 0 Å². The van der Waals surface area contributed by atoms with E-state index in [0.29, 0.717) is 28.5 Å². The highest BCUT2D eigenvalue weighted by molar-refractivity contribution is 7.09. The molecule has 2 aromatic rings. The summed E-state index contributed by atoms with van der Waals surface area (Å²) >= 11 is 7.84. The van der Waals surface area contributed by atoms with Crippen molar-refractivity contribution < 1.29 is 14.6 Å². The lowest BCUT2D eigenvalue weighted by atomic mass is 10.0. The van der Waals surface area contributed by atoms with Gasteiger partial charge < -0.3 is 14.6 Å². The van der Waals surface area contributed by atoms with E-state index in [2.05, 4.69) is 4.98 Å². The summed E-state index contributed by atoms with van der Waals surface area (Å²) in [5.41, 5.74) is 1.46. The van der Waals surface area contributed by atoms with Crippen LogP contribution in [0.4, 0.5) is 0 Å². The van der Waals surface area contributed by atoms with Gasteiger partial charge in [0.25, 0.3) is 0 Å². The number of aromatic nitrogens is 1. The lowest BCUT2D eigenvalue weighted by Crippen LogP contribution is -2.04. The lowest BCUT2D eigenvalue weighted by molar-refractivity contribution is 0.177. The van der Waals surface area contributed by atoms with E-state index in [-0.39, 0.29) is 0 Å². The molecule has 4 nitrogen and oxygen atoms in total. The van der Waals surface area contributed by atoms with E-state index >= 15 is 0 Å². The van der Waals surface area contributed by atoms with E-state index < -0.39 is 6.10 Å². The number of aliphatic hydroxyl groups is 1. The molecular formula is C14H16ClNO3S. The van der Waals surface area contributed by atoms with E-state index in [1.54, 1.807) is 30.6 Å². The summed E-state index contributed by atoms with van der Waals surface area (Å²) in [5.74, 6) is 0.970. The van der Waals surface area contributed by atoms with Crippen molar-refractivity contribution in [3.63, 3.8) is 0 Å². The topological polar surface area (TPSA) is 51.6 Å². The fourth-order valence-electron chi connectivity index (χ4n) is 1.97. The molecule has 0 spiro atoms. The Morgan fingerprint density at radius 1 is 1.35 bits per heavy atom. The molecule has 0 aliphatic rings. The van der Waals surface area contributed by atoms with Gasteiger partial charge in [-0.05, 0) is 13.0 Å². The monoisotopic (exact) mass is 313 g/mol. The highest BCUT2D eigenvalue weighted by atomic mass is 35.5. The number of hydrogen-bond donors (Lipinski definition) is 1. The van der Waals surface area contributed by atoms with Crippen LogP contribution in [0, 0.1) is 6.92 Å². The zero-order chi connectivity index (χ0) is 14.7. The third-order valence-corrected chi connectivity index (χ3v) is 4.16. The van der Waals surface area contributed by atoms with Gasteiger partial charge in [-0.25, -0.2) is 4.98 Å². The van der Waals surface area contributed by atoms with E-state index in [1.165, 1.54) is 7.11 Å². The molecule has 1 aromatic carbocycles. The van der Waals surface area contributed by atoms with Crippen LogP contribution in [0.2, 0.25) is 5.02 Å². The molecule has 0 saturated carbocycles. The molecule has 1 atom stereocenters. The number of thiazole rings is 1. The van der Waals surface area contributed by atoms with Gasteiger partial charge in [0, 0.05) is 17.4 Å². The molecular weight excluding hydrogens is 298 g/mol. The Bertz CT molecular complexity index is 600. The average Bonchev–Trinajstić information content (AvgIpc) is 2.83. The summed E-state index contributed by atoms with van der Waals surface area (Å²) in [6.45, 7) is 1.93. The quantitative estimate of drug-likeness (QED) is 0.919. The average molecular weight is 314 g/mol. The van der Waals surface area contributed by atoms with Gasteiger partial charge in [-0.15, -0.1) is 11.3 Å². The highest BCUT2D eigenvalue weighted by Crippen LogP contribution is 2.40. The molecule has 108 valence electrons. The molecule has 6 heteroatoms. The molecule has 1 N–H and O–H groups in total. The molecule has 0 bridgehead atoms. The fraction of sp³-hybridized carbons (Fsp3) is 0.357. The smallest absolute Gasteiger partial charge is 0.179 e. The third-order valence-electron chi connectivity index (χ3n) is 2.94. The van der Waals surface area contributed by atoms with Crippen molar-refractivity contribution in [1.82, 2.24) is 4.98 Å². The van der Waals surface area contributed by atoms with Gasteiger partial charge in [0.15, 0.2) is 11.5 Å². The van der Waals surface area contributed by atoms with E-state index in [0.717, 1.165) is 10.7 Å². The van der Waals surface area contributed by atoms with Gasteiger partial charge in [0.05, 0.1) is 36.0 Å². The number of aryl methyl sites for hydroxylation is 1. The molecule has 0 aliphatic heterocycles. The maximum absolute atomic E-state index is 10.3. The minimum Gasteiger partial charge on any atom is -0.493 e. The number of hydrogen-bond acceptors (Lipinski definition) is 5. The minimum absolute atomic E-state index is 0.367. The van der Waals surface area contributed by atoms with Crippen LogP contribution < -0.4 is 9.47 Å². The van der Waals surface area contributed by atoms with Crippen molar-refractivity contribution >= 4 is 22.9 Å². The van der Waals surface area contributed by atoms with Crippen LogP contribution >= 0.6 is 22.9 Å². The molecule has 0 amide bonds. The van der Waals surface area contributed by atoms with Crippen molar-refractivity contribution in [2.45, 2.75) is 19.4 Å². The van der Waals surface area contributed by atoms with Crippen molar-refractivity contribution in [1.29, 1.82) is 0 Å². The highest BCUT2D eigenvalue weighted by Gasteiger charge is 2.19. The molecule has 0 radical (unpaired) electrons. The molecule has 1 aromatic heterocycles. The molecule has 0 fully saturated rings. The summed E-state index contributed by atoms with van der Waals surface area (Å²) in [4.78, 5) is 4.34. The predicted octanol–water partition coefficient (Wildman–Crippen LogP) is 3.40. The number of rotatable bonds is 5. The van der Waals surface area contributed by atoms with E-state index in [1.807, 2.05) is 12.3 Å². The fourth-order valence-corrected chi connectivity index (χ4v) is 2.96. The van der Waals surface area contributed by atoms with Crippen LogP contribution in [0.3, 0.4) is 0 Å². The van der Waals surface area contributed by atoms with E-state index in [9.17, 15) is 5.11 Å². The van der Waals surface area contributed by atoms with Gasteiger partial charge in [0.2, 0.25) is 0 Å². The Labute approximate surface area is 126 Å². The summed E-state index contributed by atoms with van der Waals surface area (Å²) in [7, 11) is 3.06. The molecule has 0 saturated heterocycles. The van der Waals surface area contributed by atoms with Crippen LogP contribution in [-0.4, -0.2) is 24.3 Å². The van der Waals surface area contributed by atoms with Crippen molar-refractivity contribution in [2.24, 2.45) is 0 Å². The van der Waals surface area contributed by atoms with Gasteiger partial charge in [-0.3, -0.25) is 0 Å². The Morgan fingerprint density at radius 2 is 2.10 bits per heavy atom. The number of halogens is 1. The van der Waals surface area contributed by atoms with Crippen LogP contribution in [-0.2, 0) is 6.42 Å². The maximum atomic E-state index is 10.3. The first-order chi connectivity index (χ1) is 9.56. The van der Waals surface area contributed by atoms with Crippen molar-refractivity contribution in [3.05, 3.63) is 38.8 Å². The molecule has 2 rings (SSSR count). The first-order valence-corrected chi connectivity index (χ1v) is 7.32. The second-order valence-corrected chi connectivity index (χ2v) is 5.72. The van der Waals surface area contributed by atoms with Gasteiger partial charge in [0.1, 0.15) is 0 Å². The summed E-state index contributed by atoms with van der Waals surface area (Å²) in [6.07, 6.45) is -0.316. The predicted molar refractivity (Wildman–Crippen MR) is 80.1 cm³/mol. The standard InChI is InChI=1S/C14H16ClNO3S/c1-8-16-9(7-20-8)6-11(17)10-4-5-12(18-2)14(19-3)13(10)15/h4-5,7,11,17H,6H2,1-3H3. The van der Waals surface area contributed by atoms with Crippen LogP contribution in [0.1, 0.15) is 22.4 Å². The van der Waals surface area contributed by atoms with Crippen LogP contribution in [0.5, 0.6) is 11.5 Å². The Hall–Kier alpha value is -1.30. The van der Waals surface area contributed by atoms with Crippen LogP contribution in [0.25, 0.3) is 0 Å². The molecule has 1 unspecified atom stereocenters. The largest absolute Gasteiger partial charge is 0.493 e. The number of benzene rings is 1. The van der Waals surface area contributed by atoms with Crippen molar-refractivity contribution in [3.8, 4) is 11.5 Å². The second kappa shape index (κ2) is 6.43. The second-order valence-electron chi connectivity index (χ2n) is 4.28. The number of nitrogens with zero attached hydrogens (tertiary/aromatic N) is 1. The summed E-state index contributed by atoms with van der Waals surface area (Å²) in [6, 6.07) is 3.48. The number of methoxy groups -OCH3 is 2. The SMILES string of the molecule is COc1ccc(C(O)Cc2csc(C)n2)c(Cl)c1OC. The Morgan fingerprint density at radius 3 is 2.65 bits per heavy atom. The maximum Gasteiger partial charge on any atom is 0.179 e. The van der Waals surface area contributed by atoms with Crippen molar-refractivity contribution in [2.75, 3.05) is 14.2 Å². The lowest BCUT2D eigenvalue weighted by Gasteiger charge is -2.16. The molecule has 20 heavy (non-hydrogen) atoms. The molecule has 0 aliphatic carbocycles. The number of ether oxygens (including phenoxy) is 2. The third kappa shape index (κ3) is 3.06. The first kappa shape index (κ1) is 15.1. The Balaban J connectivity index is 2.28. The summed E-state index contributed by atoms with van der Waals surface area (Å²) < 4.78 is 10.4. The summed E-state index contributed by atoms with van der Waals surface area (Å²) in [5, 5.41) is 13.6. The zero-order valence-corrected chi connectivity index (χ0v) is 13.1. The minimum atomic E-state index is -0.733. The first-order valence-electron chi connectivity index (χ1n) is 6.06. The Kier molecular flexibility index (Phi) is 4.86. The van der Waals surface area contributed by atoms with Gasteiger partial charge in [-0.2, -0.15) is 0 Å². The van der Waals surface area contributed by atoms with Gasteiger partial charge in [-0.1, -0.05) is 17.7 Å². The zero-order valence-electron chi connectivity index (χ0n) is 11.5. The normalized spacial score (nSPS) is 12.2. The molecule has 1 heterocycles.